The van der Waals surface area contributed by atoms with Crippen molar-refractivity contribution in [3.05, 3.63) is 15.3 Å². The number of rotatable bonds is 3. The lowest BCUT2D eigenvalue weighted by atomic mass is 10.0. The molecule has 3 rings (SSSR count). The van der Waals surface area contributed by atoms with E-state index in [1.807, 2.05) is 0 Å². The lowest BCUT2D eigenvalue weighted by Gasteiger charge is -2.14. The van der Waals surface area contributed by atoms with Gasteiger partial charge >= 0.3 is 5.97 Å². The van der Waals surface area contributed by atoms with Crippen LogP contribution in [0.2, 0.25) is 4.34 Å². The van der Waals surface area contributed by atoms with E-state index in [0.29, 0.717) is 26.8 Å². The van der Waals surface area contributed by atoms with E-state index in [1.54, 1.807) is 6.07 Å². The third-order valence-electron chi connectivity index (χ3n) is 3.94. The molecule has 0 amide bonds. The standard InChI is InChI=1S/C13H16ClNO3S.ClH/c1-17-13(16)12-10(4-11(14)19-12)18-9-2-7-5-15-6-8(7)3-9;/h4,7-9,15H,2-3,5-6H2,1H3;1H/t7-,8+,9?;. The van der Waals surface area contributed by atoms with Crippen molar-refractivity contribution in [1.29, 1.82) is 0 Å². The van der Waals surface area contributed by atoms with Gasteiger partial charge in [-0.1, -0.05) is 11.6 Å². The quantitative estimate of drug-likeness (QED) is 0.861. The maximum atomic E-state index is 11.7. The highest BCUT2D eigenvalue weighted by Crippen LogP contribution is 2.40. The fourth-order valence-electron chi connectivity index (χ4n) is 3.05. The molecule has 1 aliphatic carbocycles. The number of ether oxygens (including phenoxy) is 2. The molecular formula is C13H17Cl2NO3S. The van der Waals surface area contributed by atoms with E-state index in [1.165, 1.54) is 18.4 Å². The Morgan fingerprint density at radius 2 is 2.05 bits per heavy atom. The van der Waals surface area contributed by atoms with Crippen molar-refractivity contribution in [1.82, 2.24) is 5.32 Å². The van der Waals surface area contributed by atoms with Crippen molar-refractivity contribution in [2.75, 3.05) is 20.2 Å². The molecule has 2 fully saturated rings. The Labute approximate surface area is 133 Å². The Bertz CT molecular complexity index is 482. The Hall–Kier alpha value is -0.490. The van der Waals surface area contributed by atoms with Gasteiger partial charge in [0.05, 0.1) is 17.6 Å². The average Bonchev–Trinajstić information content (AvgIpc) is 3.03. The molecule has 4 nitrogen and oxygen atoms in total. The van der Waals surface area contributed by atoms with Crippen LogP contribution in [-0.4, -0.2) is 32.3 Å². The van der Waals surface area contributed by atoms with Crippen LogP contribution in [0.25, 0.3) is 0 Å². The third-order valence-corrected chi connectivity index (χ3v) is 5.17. The molecule has 2 aliphatic rings. The van der Waals surface area contributed by atoms with Crippen molar-refractivity contribution < 1.29 is 14.3 Å². The first-order valence-corrected chi connectivity index (χ1v) is 7.62. The molecule has 2 heterocycles. The number of carbonyl (C=O) groups excluding carboxylic acids is 1. The molecule has 0 spiro atoms. The summed E-state index contributed by atoms with van der Waals surface area (Å²) in [6.45, 7) is 2.16. The second-order valence-corrected chi connectivity index (χ2v) is 6.81. The number of hydrogen-bond acceptors (Lipinski definition) is 5. The van der Waals surface area contributed by atoms with Crippen LogP contribution in [0.1, 0.15) is 22.5 Å². The minimum absolute atomic E-state index is 0. The van der Waals surface area contributed by atoms with Gasteiger partial charge in [0, 0.05) is 6.07 Å². The number of thiophene rings is 1. The molecule has 0 aromatic carbocycles. The van der Waals surface area contributed by atoms with E-state index in [-0.39, 0.29) is 24.5 Å². The molecule has 0 radical (unpaired) electrons. The van der Waals surface area contributed by atoms with Crippen LogP contribution >= 0.6 is 35.3 Å². The minimum Gasteiger partial charge on any atom is -0.489 e. The Morgan fingerprint density at radius 3 is 2.65 bits per heavy atom. The van der Waals surface area contributed by atoms with Gasteiger partial charge in [0.25, 0.3) is 0 Å². The first-order valence-electron chi connectivity index (χ1n) is 6.42. The molecular weight excluding hydrogens is 321 g/mol. The normalized spacial score (nSPS) is 27.8. The molecule has 0 bridgehead atoms. The van der Waals surface area contributed by atoms with E-state index in [2.05, 4.69) is 5.32 Å². The monoisotopic (exact) mass is 337 g/mol. The molecule has 1 unspecified atom stereocenters. The summed E-state index contributed by atoms with van der Waals surface area (Å²) >= 11 is 7.17. The van der Waals surface area contributed by atoms with E-state index in [4.69, 9.17) is 21.1 Å². The number of nitrogens with one attached hydrogen (secondary N) is 1. The largest absolute Gasteiger partial charge is 0.489 e. The molecule has 20 heavy (non-hydrogen) atoms. The van der Waals surface area contributed by atoms with Crippen LogP contribution in [0.15, 0.2) is 6.07 Å². The highest BCUT2D eigenvalue weighted by molar-refractivity contribution is 7.18. The van der Waals surface area contributed by atoms with E-state index >= 15 is 0 Å². The van der Waals surface area contributed by atoms with E-state index < -0.39 is 0 Å². The first kappa shape index (κ1) is 15.9. The second-order valence-electron chi connectivity index (χ2n) is 5.13. The number of methoxy groups -OCH3 is 1. The van der Waals surface area contributed by atoms with Crippen molar-refractivity contribution in [2.24, 2.45) is 11.8 Å². The molecule has 1 saturated heterocycles. The highest BCUT2D eigenvalue weighted by Gasteiger charge is 2.38. The predicted molar refractivity (Wildman–Crippen MR) is 81.4 cm³/mol. The summed E-state index contributed by atoms with van der Waals surface area (Å²) < 4.78 is 11.3. The maximum Gasteiger partial charge on any atom is 0.351 e. The van der Waals surface area contributed by atoms with Gasteiger partial charge < -0.3 is 14.8 Å². The van der Waals surface area contributed by atoms with Gasteiger partial charge in [0.15, 0.2) is 4.88 Å². The Kier molecular flexibility index (Phi) is 5.18. The molecule has 1 aromatic rings. The van der Waals surface area contributed by atoms with Gasteiger partial charge in [-0.15, -0.1) is 23.7 Å². The molecule has 1 aliphatic heterocycles. The summed E-state index contributed by atoms with van der Waals surface area (Å²) in [4.78, 5) is 12.1. The Morgan fingerprint density at radius 1 is 1.40 bits per heavy atom. The predicted octanol–water partition coefficient (Wildman–Crippen LogP) is 2.99. The number of esters is 1. The lowest BCUT2D eigenvalue weighted by molar-refractivity contribution is 0.0599. The van der Waals surface area contributed by atoms with Crippen LogP contribution in [0, 0.1) is 11.8 Å². The molecule has 1 saturated carbocycles. The maximum absolute atomic E-state index is 11.7. The first-order chi connectivity index (χ1) is 9.17. The SMILES string of the molecule is COC(=O)c1sc(Cl)cc1OC1C[C@H]2CNC[C@H]2C1.Cl. The number of hydrogen-bond donors (Lipinski definition) is 1. The van der Waals surface area contributed by atoms with Crippen molar-refractivity contribution >= 4 is 41.3 Å². The third kappa shape index (κ3) is 3.06. The molecule has 7 heteroatoms. The number of fused-ring (bicyclic) bond motifs is 1. The van der Waals surface area contributed by atoms with Crippen LogP contribution in [0.4, 0.5) is 0 Å². The fraction of sp³-hybridized carbons (Fsp3) is 0.615. The summed E-state index contributed by atoms with van der Waals surface area (Å²) in [6.07, 6.45) is 2.28. The van der Waals surface area contributed by atoms with Crippen LogP contribution in [0.3, 0.4) is 0 Å². The summed E-state index contributed by atoms with van der Waals surface area (Å²) in [7, 11) is 1.37. The van der Waals surface area contributed by atoms with Gasteiger partial charge in [-0.3, -0.25) is 0 Å². The molecule has 112 valence electrons. The smallest absolute Gasteiger partial charge is 0.351 e. The van der Waals surface area contributed by atoms with Gasteiger partial charge in [-0.05, 0) is 37.8 Å². The topological polar surface area (TPSA) is 47.6 Å². The van der Waals surface area contributed by atoms with Crippen LogP contribution < -0.4 is 10.1 Å². The lowest BCUT2D eigenvalue weighted by Crippen LogP contribution is -2.19. The zero-order valence-electron chi connectivity index (χ0n) is 11.1. The van der Waals surface area contributed by atoms with Gasteiger partial charge in [-0.2, -0.15) is 0 Å². The molecule has 1 aromatic heterocycles. The number of halogens is 2. The van der Waals surface area contributed by atoms with Gasteiger partial charge in [-0.25, -0.2) is 4.79 Å². The summed E-state index contributed by atoms with van der Waals surface area (Å²) in [5.41, 5.74) is 0. The minimum atomic E-state index is -0.383. The van der Waals surface area contributed by atoms with Gasteiger partial charge in [0.1, 0.15) is 5.75 Å². The second kappa shape index (κ2) is 6.52. The summed E-state index contributed by atoms with van der Waals surface area (Å²) in [6, 6.07) is 1.71. The molecule has 1 N–H and O–H groups in total. The van der Waals surface area contributed by atoms with Crippen LogP contribution in [0.5, 0.6) is 5.75 Å². The number of carbonyl (C=O) groups is 1. The van der Waals surface area contributed by atoms with Gasteiger partial charge in [0.2, 0.25) is 0 Å². The summed E-state index contributed by atoms with van der Waals surface area (Å²) in [5.74, 6) is 1.60. The van der Waals surface area contributed by atoms with Crippen molar-refractivity contribution in [2.45, 2.75) is 18.9 Å². The van der Waals surface area contributed by atoms with Crippen molar-refractivity contribution in [3.63, 3.8) is 0 Å². The fourth-order valence-corrected chi connectivity index (χ4v) is 4.12. The summed E-state index contributed by atoms with van der Waals surface area (Å²) in [5, 5.41) is 3.40. The van der Waals surface area contributed by atoms with Crippen molar-refractivity contribution in [3.8, 4) is 5.75 Å². The van der Waals surface area contributed by atoms with E-state index in [9.17, 15) is 4.79 Å². The highest BCUT2D eigenvalue weighted by atomic mass is 35.5. The zero-order valence-corrected chi connectivity index (χ0v) is 13.4. The average molecular weight is 338 g/mol. The molecule has 3 atom stereocenters. The Balaban J connectivity index is 0.00000147. The van der Waals surface area contributed by atoms with Crippen LogP contribution in [-0.2, 0) is 4.74 Å². The van der Waals surface area contributed by atoms with E-state index in [0.717, 1.165) is 25.9 Å². The zero-order chi connectivity index (χ0) is 13.4.